The number of hydrogen-bond donors (Lipinski definition) is 1. The molecule has 0 spiro atoms. The number of hydrogen-bond acceptors (Lipinski definition) is 4. The van der Waals surface area contributed by atoms with Crippen LogP contribution in [-0.4, -0.2) is 27.2 Å². The molecule has 1 heterocycles. The van der Waals surface area contributed by atoms with Gasteiger partial charge in [0.25, 0.3) is 0 Å². The number of aromatic nitrogens is 3. The molecule has 1 unspecified atom stereocenters. The largest absolute Gasteiger partial charge is 0.388 e. The van der Waals surface area contributed by atoms with E-state index in [1.807, 2.05) is 37.5 Å². The highest BCUT2D eigenvalue weighted by molar-refractivity contribution is 5.24. The summed E-state index contributed by atoms with van der Waals surface area (Å²) in [5.74, 6) is 0. The van der Waals surface area contributed by atoms with Gasteiger partial charge in [-0.05, 0) is 11.1 Å². The molecule has 0 bridgehead atoms. The maximum absolute atomic E-state index is 10.1. The van der Waals surface area contributed by atoms with Gasteiger partial charge in [-0.1, -0.05) is 29.5 Å². The summed E-state index contributed by atoms with van der Waals surface area (Å²) in [4.78, 5) is 0. The number of ether oxygens (including phenoxy) is 1. The predicted molar refractivity (Wildman–Crippen MR) is 66.8 cm³/mol. The average Bonchev–Trinajstić information content (AvgIpc) is 2.76. The molecule has 5 nitrogen and oxygen atoms in total. The van der Waals surface area contributed by atoms with E-state index < -0.39 is 6.10 Å². The summed E-state index contributed by atoms with van der Waals surface area (Å²) < 4.78 is 6.67. The van der Waals surface area contributed by atoms with E-state index in [4.69, 9.17) is 4.74 Å². The number of nitrogens with zero attached hydrogens (tertiary/aromatic N) is 3. The summed E-state index contributed by atoms with van der Waals surface area (Å²) >= 11 is 0. The summed E-state index contributed by atoms with van der Waals surface area (Å²) in [6.45, 7) is 0.584. The normalized spacial score (nSPS) is 12.6. The van der Waals surface area contributed by atoms with Crippen LogP contribution in [0.25, 0.3) is 0 Å². The van der Waals surface area contributed by atoms with E-state index in [1.54, 1.807) is 11.8 Å². The van der Waals surface area contributed by atoms with Crippen LogP contribution in [0.2, 0.25) is 0 Å². The summed E-state index contributed by atoms with van der Waals surface area (Å²) in [7, 11) is 3.47. The minimum absolute atomic E-state index is 0.470. The van der Waals surface area contributed by atoms with Crippen molar-refractivity contribution in [1.29, 1.82) is 0 Å². The number of aliphatic hydroxyl groups is 1. The van der Waals surface area contributed by atoms with E-state index in [9.17, 15) is 5.11 Å². The molecule has 0 radical (unpaired) electrons. The first-order valence-corrected chi connectivity index (χ1v) is 5.80. The number of rotatable bonds is 5. The van der Waals surface area contributed by atoms with Gasteiger partial charge in [0.05, 0.1) is 18.4 Å². The Balaban J connectivity index is 2.02. The number of benzene rings is 1. The quantitative estimate of drug-likeness (QED) is 0.863. The fourth-order valence-electron chi connectivity index (χ4n) is 1.81. The van der Waals surface area contributed by atoms with Crippen molar-refractivity contribution in [3.05, 3.63) is 47.3 Å². The molecule has 1 N–H and O–H groups in total. The Kier molecular flexibility index (Phi) is 4.07. The van der Waals surface area contributed by atoms with Crippen LogP contribution in [0.1, 0.15) is 22.9 Å². The lowest BCUT2D eigenvalue weighted by atomic mass is 10.0. The highest BCUT2D eigenvalue weighted by atomic mass is 16.5. The van der Waals surface area contributed by atoms with Gasteiger partial charge in [-0.25, -0.2) is 0 Å². The smallest absolute Gasteiger partial charge is 0.0856 e. The molecule has 5 heteroatoms. The highest BCUT2D eigenvalue weighted by Crippen LogP contribution is 2.17. The highest BCUT2D eigenvalue weighted by Gasteiger charge is 2.10. The van der Waals surface area contributed by atoms with Crippen molar-refractivity contribution in [2.45, 2.75) is 19.1 Å². The zero-order valence-corrected chi connectivity index (χ0v) is 10.6. The van der Waals surface area contributed by atoms with Crippen molar-refractivity contribution >= 4 is 0 Å². The molecule has 96 valence electrons. The minimum atomic E-state index is -0.557. The molecular weight excluding hydrogens is 230 g/mol. The SMILES string of the molecule is COCc1ccc(C(O)Cc2cn(C)nn2)cc1. The third-order valence-corrected chi connectivity index (χ3v) is 2.73. The molecule has 0 fully saturated rings. The first-order valence-electron chi connectivity index (χ1n) is 5.80. The average molecular weight is 247 g/mol. The first-order chi connectivity index (χ1) is 8.69. The van der Waals surface area contributed by atoms with Crippen molar-refractivity contribution in [2.24, 2.45) is 7.05 Å². The van der Waals surface area contributed by atoms with Crippen LogP contribution in [0.5, 0.6) is 0 Å². The molecule has 18 heavy (non-hydrogen) atoms. The Labute approximate surface area is 106 Å². The van der Waals surface area contributed by atoms with Gasteiger partial charge < -0.3 is 9.84 Å². The van der Waals surface area contributed by atoms with Gasteiger partial charge in [-0.2, -0.15) is 0 Å². The second-order valence-corrected chi connectivity index (χ2v) is 4.28. The van der Waals surface area contributed by atoms with E-state index in [0.717, 1.165) is 16.8 Å². The van der Waals surface area contributed by atoms with Crippen molar-refractivity contribution in [3.63, 3.8) is 0 Å². The molecule has 0 aliphatic carbocycles. The molecule has 1 aromatic heterocycles. The lowest BCUT2D eigenvalue weighted by Gasteiger charge is -2.09. The summed E-state index contributed by atoms with van der Waals surface area (Å²) in [5, 5.41) is 17.9. The van der Waals surface area contributed by atoms with Gasteiger partial charge in [-0.15, -0.1) is 5.10 Å². The Hall–Kier alpha value is -1.72. The molecule has 2 aromatic rings. The molecule has 0 amide bonds. The standard InChI is InChI=1S/C13H17N3O2/c1-16-8-12(14-15-16)7-13(17)11-5-3-10(4-6-11)9-18-2/h3-6,8,13,17H,7,9H2,1-2H3. The van der Waals surface area contributed by atoms with Crippen LogP contribution in [0.3, 0.4) is 0 Å². The number of aryl methyl sites for hydroxylation is 1. The van der Waals surface area contributed by atoms with Crippen LogP contribution >= 0.6 is 0 Å². The Morgan fingerprint density at radius 1 is 1.33 bits per heavy atom. The van der Waals surface area contributed by atoms with Crippen LogP contribution in [0.15, 0.2) is 30.5 Å². The topological polar surface area (TPSA) is 60.2 Å². The number of methoxy groups -OCH3 is 1. The van der Waals surface area contributed by atoms with Crippen LogP contribution in [0.4, 0.5) is 0 Å². The van der Waals surface area contributed by atoms with E-state index in [1.165, 1.54) is 0 Å². The summed E-state index contributed by atoms with van der Waals surface area (Å²) in [6.07, 6.45) is 1.72. The molecule has 1 atom stereocenters. The van der Waals surface area contributed by atoms with Gasteiger partial charge in [0, 0.05) is 26.8 Å². The van der Waals surface area contributed by atoms with Gasteiger partial charge in [0.1, 0.15) is 0 Å². The number of aliphatic hydroxyl groups excluding tert-OH is 1. The van der Waals surface area contributed by atoms with E-state index in [0.29, 0.717) is 13.0 Å². The summed E-state index contributed by atoms with van der Waals surface area (Å²) in [5.41, 5.74) is 2.75. The van der Waals surface area contributed by atoms with E-state index in [2.05, 4.69) is 10.3 Å². The van der Waals surface area contributed by atoms with E-state index in [-0.39, 0.29) is 0 Å². The van der Waals surface area contributed by atoms with Crippen LogP contribution in [-0.2, 0) is 24.8 Å². The monoisotopic (exact) mass is 247 g/mol. The second kappa shape index (κ2) is 5.75. The van der Waals surface area contributed by atoms with Crippen molar-refractivity contribution < 1.29 is 9.84 Å². The third kappa shape index (κ3) is 3.15. The lowest BCUT2D eigenvalue weighted by molar-refractivity contribution is 0.176. The first kappa shape index (κ1) is 12.7. The molecule has 0 aliphatic rings. The van der Waals surface area contributed by atoms with Crippen LogP contribution < -0.4 is 0 Å². The fourth-order valence-corrected chi connectivity index (χ4v) is 1.81. The minimum Gasteiger partial charge on any atom is -0.388 e. The third-order valence-electron chi connectivity index (χ3n) is 2.73. The van der Waals surface area contributed by atoms with Gasteiger partial charge in [-0.3, -0.25) is 4.68 Å². The lowest BCUT2D eigenvalue weighted by Crippen LogP contribution is -2.02. The zero-order chi connectivity index (χ0) is 13.0. The van der Waals surface area contributed by atoms with Gasteiger partial charge in [0.15, 0.2) is 0 Å². The predicted octanol–water partition coefficient (Wildman–Crippen LogP) is 1.24. The van der Waals surface area contributed by atoms with Crippen LogP contribution in [0, 0.1) is 0 Å². The Morgan fingerprint density at radius 3 is 2.61 bits per heavy atom. The Bertz CT molecular complexity index is 493. The van der Waals surface area contributed by atoms with Gasteiger partial charge >= 0.3 is 0 Å². The molecule has 1 aromatic carbocycles. The Morgan fingerprint density at radius 2 is 2.06 bits per heavy atom. The molecule has 0 saturated heterocycles. The van der Waals surface area contributed by atoms with Crippen molar-refractivity contribution in [3.8, 4) is 0 Å². The summed E-state index contributed by atoms with van der Waals surface area (Å²) in [6, 6.07) is 7.74. The maximum Gasteiger partial charge on any atom is 0.0856 e. The second-order valence-electron chi connectivity index (χ2n) is 4.28. The molecular formula is C13H17N3O2. The zero-order valence-electron chi connectivity index (χ0n) is 10.6. The molecule has 2 rings (SSSR count). The fraction of sp³-hybridized carbons (Fsp3) is 0.385. The molecule has 0 aliphatic heterocycles. The van der Waals surface area contributed by atoms with Gasteiger partial charge in [0.2, 0.25) is 0 Å². The molecule has 0 saturated carbocycles. The van der Waals surface area contributed by atoms with E-state index >= 15 is 0 Å². The van der Waals surface area contributed by atoms with Crippen molar-refractivity contribution in [1.82, 2.24) is 15.0 Å². The van der Waals surface area contributed by atoms with Crippen molar-refractivity contribution in [2.75, 3.05) is 7.11 Å². The maximum atomic E-state index is 10.1.